The van der Waals surface area contributed by atoms with E-state index in [-0.39, 0.29) is 11.1 Å². The monoisotopic (exact) mass is 451 g/mol. The van der Waals surface area contributed by atoms with Crippen LogP contribution in [0.4, 0.5) is 8.78 Å². The number of carbonyl (C=O) groups is 3. The van der Waals surface area contributed by atoms with Gasteiger partial charge in [0.15, 0.2) is 17.4 Å². The second kappa shape index (κ2) is 9.04. The van der Waals surface area contributed by atoms with Crippen LogP contribution in [0.1, 0.15) is 40.0 Å². The first-order valence-electron chi connectivity index (χ1n) is 9.57. The summed E-state index contributed by atoms with van der Waals surface area (Å²) in [6.07, 6.45) is 2.63. The van der Waals surface area contributed by atoms with Crippen molar-refractivity contribution in [3.63, 3.8) is 0 Å². The molecular weight excluding hydrogens is 432 g/mol. The van der Waals surface area contributed by atoms with Crippen LogP contribution in [0.3, 0.4) is 0 Å². The molecule has 0 radical (unpaired) electrons. The van der Waals surface area contributed by atoms with Gasteiger partial charge in [-0.05, 0) is 24.5 Å². The van der Waals surface area contributed by atoms with Crippen molar-refractivity contribution in [2.24, 2.45) is 5.92 Å². The number of hydrogen-bond acceptors (Lipinski definition) is 6. The lowest BCUT2D eigenvalue weighted by Crippen LogP contribution is -2.37. The number of aromatic hydroxyl groups is 2. The van der Waals surface area contributed by atoms with Crippen molar-refractivity contribution in [3.05, 3.63) is 51.3 Å². The van der Waals surface area contributed by atoms with Crippen LogP contribution in [0.5, 0.6) is 11.6 Å². The molecule has 2 aromatic rings. The number of nitrogens with zero attached hydrogens (tertiary/aromatic N) is 1. The van der Waals surface area contributed by atoms with Gasteiger partial charge in [0.1, 0.15) is 17.7 Å². The first-order valence-corrected chi connectivity index (χ1v) is 9.57. The third-order valence-corrected chi connectivity index (χ3v) is 4.89. The molecule has 0 atom stereocenters. The Labute approximate surface area is 179 Å². The maximum absolute atomic E-state index is 14.4. The molecule has 1 aliphatic rings. The van der Waals surface area contributed by atoms with Crippen LogP contribution in [0.2, 0.25) is 0 Å². The molecule has 1 aromatic heterocycles. The van der Waals surface area contributed by atoms with E-state index in [9.17, 15) is 38.2 Å². The second-order valence-electron chi connectivity index (χ2n) is 7.20. The Balaban J connectivity index is 2.16. The maximum atomic E-state index is 14.4. The number of hydrogen-bond donors (Lipinski definition) is 5. The molecule has 1 aliphatic carbocycles. The summed E-state index contributed by atoms with van der Waals surface area (Å²) in [6.45, 7) is -0.772. The van der Waals surface area contributed by atoms with Crippen LogP contribution in [0, 0.1) is 17.6 Å². The molecule has 1 saturated carbocycles. The molecule has 0 spiro atoms. The molecule has 2 amide bonds. The van der Waals surface area contributed by atoms with Gasteiger partial charge in [-0.25, -0.2) is 13.3 Å². The Morgan fingerprint density at radius 2 is 1.72 bits per heavy atom. The normalized spacial score (nSPS) is 12.9. The quantitative estimate of drug-likeness (QED) is 0.398. The van der Waals surface area contributed by atoms with Crippen LogP contribution in [-0.2, 0) is 4.79 Å². The highest BCUT2D eigenvalue weighted by molar-refractivity contribution is 6.05. The number of nitrogens with one attached hydrogen (secondary N) is 2. The third kappa shape index (κ3) is 4.53. The number of carboxylic acids is 1. The summed E-state index contributed by atoms with van der Waals surface area (Å²) in [5.41, 5.74) is -4.38. The molecule has 1 heterocycles. The lowest BCUT2D eigenvalue weighted by Gasteiger charge is -2.17. The van der Waals surface area contributed by atoms with E-state index in [1.807, 2.05) is 5.32 Å². The molecule has 170 valence electrons. The van der Waals surface area contributed by atoms with Gasteiger partial charge in [0.25, 0.3) is 17.4 Å². The van der Waals surface area contributed by atoms with E-state index >= 15 is 0 Å². The average Bonchev–Trinajstić information content (AvgIpc) is 3.54. The predicted octanol–water partition coefficient (Wildman–Crippen LogP) is 0.871. The van der Waals surface area contributed by atoms with Gasteiger partial charge >= 0.3 is 5.97 Å². The standard InChI is InChI=1S/C20H19F2N3O7/c21-10-2-1-3-11(15(10)22)25-19(31)13(17(29)23-7-6-9-4-5-9)16(28)14(20(25)32)18(30)24-8-12(26)27/h1-3,9,28,31H,4-8H2,(H,23,29)(H,24,30)(H,26,27). The van der Waals surface area contributed by atoms with E-state index in [1.54, 1.807) is 0 Å². The van der Waals surface area contributed by atoms with Gasteiger partial charge in [-0.15, -0.1) is 0 Å². The number of carbonyl (C=O) groups excluding carboxylic acids is 2. The number of halogens is 2. The smallest absolute Gasteiger partial charge is 0.322 e. The molecule has 1 fully saturated rings. The predicted molar refractivity (Wildman–Crippen MR) is 105 cm³/mol. The summed E-state index contributed by atoms with van der Waals surface area (Å²) < 4.78 is 28.3. The zero-order valence-corrected chi connectivity index (χ0v) is 16.5. The second-order valence-corrected chi connectivity index (χ2v) is 7.20. The van der Waals surface area contributed by atoms with Crippen LogP contribution < -0.4 is 16.2 Å². The molecule has 12 heteroatoms. The van der Waals surface area contributed by atoms with Gasteiger partial charge in [0, 0.05) is 6.54 Å². The number of carboxylic acid groups (broad SMARTS) is 1. The van der Waals surface area contributed by atoms with Crippen molar-refractivity contribution < 1.29 is 38.5 Å². The zero-order chi connectivity index (χ0) is 23.6. The van der Waals surface area contributed by atoms with Crippen LogP contribution in [0.25, 0.3) is 5.69 Å². The first kappa shape index (κ1) is 22.7. The topological polar surface area (TPSA) is 158 Å². The molecule has 32 heavy (non-hydrogen) atoms. The fraction of sp³-hybridized carbons (Fsp3) is 0.300. The van der Waals surface area contributed by atoms with Crippen molar-refractivity contribution in [1.82, 2.24) is 15.2 Å². The van der Waals surface area contributed by atoms with Crippen LogP contribution in [0.15, 0.2) is 23.0 Å². The van der Waals surface area contributed by atoms with E-state index in [0.717, 1.165) is 31.0 Å². The summed E-state index contributed by atoms with van der Waals surface area (Å²) in [5, 5.41) is 34.0. The Bertz CT molecular complexity index is 1160. The first-order chi connectivity index (χ1) is 15.1. The SMILES string of the molecule is O=C(O)CNC(=O)c1c(O)c(C(=O)NCCC2CC2)c(O)n(-c2cccc(F)c2F)c1=O. The minimum absolute atomic E-state index is 0.156. The zero-order valence-electron chi connectivity index (χ0n) is 16.5. The molecule has 0 saturated heterocycles. The van der Waals surface area contributed by atoms with Gasteiger partial charge in [-0.3, -0.25) is 19.2 Å². The van der Waals surface area contributed by atoms with Crippen molar-refractivity contribution >= 4 is 17.8 Å². The number of aromatic nitrogens is 1. The molecule has 0 unspecified atom stereocenters. The summed E-state index contributed by atoms with van der Waals surface area (Å²) in [4.78, 5) is 48.6. The fourth-order valence-corrected chi connectivity index (χ4v) is 3.08. The Kier molecular flexibility index (Phi) is 6.42. The highest BCUT2D eigenvalue weighted by Gasteiger charge is 2.31. The van der Waals surface area contributed by atoms with Crippen molar-refractivity contribution in [1.29, 1.82) is 0 Å². The van der Waals surface area contributed by atoms with Crippen molar-refractivity contribution in [2.75, 3.05) is 13.1 Å². The lowest BCUT2D eigenvalue weighted by atomic mass is 10.1. The fourth-order valence-electron chi connectivity index (χ4n) is 3.08. The van der Waals surface area contributed by atoms with Gasteiger partial charge in [0.05, 0.1) is 5.69 Å². The van der Waals surface area contributed by atoms with Gasteiger partial charge in [-0.2, -0.15) is 0 Å². The number of amides is 2. The number of rotatable bonds is 8. The molecule has 3 rings (SSSR count). The number of aliphatic carboxylic acids is 1. The van der Waals surface area contributed by atoms with Crippen LogP contribution >= 0.6 is 0 Å². The lowest BCUT2D eigenvalue weighted by molar-refractivity contribution is -0.135. The molecule has 0 bridgehead atoms. The number of pyridine rings is 1. The minimum Gasteiger partial charge on any atom is -0.506 e. The minimum atomic E-state index is -1.56. The highest BCUT2D eigenvalue weighted by atomic mass is 19.2. The van der Waals surface area contributed by atoms with Crippen molar-refractivity contribution in [2.45, 2.75) is 19.3 Å². The molecule has 1 aromatic carbocycles. The molecular formula is C20H19F2N3O7. The maximum Gasteiger partial charge on any atom is 0.322 e. The van der Waals surface area contributed by atoms with E-state index in [1.165, 1.54) is 0 Å². The van der Waals surface area contributed by atoms with Gasteiger partial charge < -0.3 is 26.0 Å². The average molecular weight is 451 g/mol. The molecule has 10 nitrogen and oxygen atoms in total. The van der Waals surface area contributed by atoms with Gasteiger partial charge in [0.2, 0.25) is 5.88 Å². The van der Waals surface area contributed by atoms with E-state index in [4.69, 9.17) is 5.11 Å². The van der Waals surface area contributed by atoms with E-state index in [0.29, 0.717) is 12.3 Å². The summed E-state index contributed by atoms with van der Waals surface area (Å²) in [6, 6.07) is 2.67. The van der Waals surface area contributed by atoms with Gasteiger partial charge in [-0.1, -0.05) is 18.9 Å². The Hall–Kier alpha value is -3.96. The van der Waals surface area contributed by atoms with E-state index in [2.05, 4.69) is 5.32 Å². The Morgan fingerprint density at radius 1 is 1.06 bits per heavy atom. The van der Waals surface area contributed by atoms with Crippen LogP contribution in [-0.4, -0.2) is 50.8 Å². The molecule has 5 N–H and O–H groups in total. The summed E-state index contributed by atoms with van der Waals surface area (Å²) >= 11 is 0. The molecule has 0 aliphatic heterocycles. The highest BCUT2D eigenvalue weighted by Crippen LogP contribution is 2.33. The van der Waals surface area contributed by atoms with Crippen molar-refractivity contribution in [3.8, 4) is 17.3 Å². The summed E-state index contributed by atoms with van der Waals surface area (Å²) in [7, 11) is 0. The third-order valence-electron chi connectivity index (χ3n) is 4.89. The van der Waals surface area contributed by atoms with E-state index < -0.39 is 70.0 Å². The summed E-state index contributed by atoms with van der Waals surface area (Å²) in [5.74, 6) is -8.90. The Morgan fingerprint density at radius 3 is 2.34 bits per heavy atom. The number of benzene rings is 1. The largest absolute Gasteiger partial charge is 0.506 e.